The Hall–Kier alpha value is 0.790. The highest BCUT2D eigenvalue weighted by Crippen LogP contribution is 2.24. The van der Waals surface area contributed by atoms with E-state index in [9.17, 15) is 0 Å². The van der Waals surface area contributed by atoms with Gasteiger partial charge < -0.3 is 0 Å². The Kier molecular flexibility index (Phi) is 2.48. The summed E-state index contributed by atoms with van der Waals surface area (Å²) in [5.41, 5.74) is 0. The van der Waals surface area contributed by atoms with Crippen LogP contribution in [-0.4, -0.2) is 3.98 Å². The van der Waals surface area contributed by atoms with Crippen LogP contribution in [0, 0.1) is 0 Å². The highest BCUT2D eigenvalue weighted by atomic mass is 35.6. The van der Waals surface area contributed by atoms with Gasteiger partial charge in [-0.2, -0.15) is 0 Å². The molecule has 2 N–H and O–H groups in total. The summed E-state index contributed by atoms with van der Waals surface area (Å²) in [6, 6.07) is 0. The van der Waals surface area contributed by atoms with Crippen LogP contribution in [0.4, 0.5) is 0 Å². The van der Waals surface area contributed by atoms with Gasteiger partial charge >= 0.3 is 3.98 Å². The van der Waals surface area contributed by atoms with Gasteiger partial charge in [-0.05, 0) is 0 Å². The third kappa shape index (κ3) is 4.79. The number of halogens is 3. The summed E-state index contributed by atoms with van der Waals surface area (Å²) in [7, 11) is 0. The fraction of sp³-hybridized carbons (Fsp3) is 1.00. The molecule has 0 atom stereocenters. The van der Waals surface area contributed by atoms with Crippen molar-refractivity contribution >= 4 is 34.8 Å². The summed E-state index contributed by atoms with van der Waals surface area (Å²) in [4.78, 5) is 3.73. The molecule has 0 amide bonds. The van der Waals surface area contributed by atoms with Crippen LogP contribution in [0.25, 0.3) is 0 Å². The Morgan fingerprint density at radius 3 is 1.50 bits per heavy atom. The van der Waals surface area contributed by atoms with E-state index in [0.717, 1.165) is 0 Å². The van der Waals surface area contributed by atoms with Crippen LogP contribution in [0.5, 0.6) is 0 Å². The molecule has 0 saturated carbocycles. The molecule has 6 heavy (non-hydrogen) atoms. The molecular formula is CH2Cl3NO. The summed E-state index contributed by atoms with van der Waals surface area (Å²) >= 11 is 14.7. The topological polar surface area (TPSA) is 35.2 Å². The van der Waals surface area contributed by atoms with E-state index in [-0.39, 0.29) is 0 Å². The highest BCUT2D eigenvalue weighted by molar-refractivity contribution is 6.66. The van der Waals surface area contributed by atoms with Crippen molar-refractivity contribution in [2.24, 2.45) is 5.90 Å². The van der Waals surface area contributed by atoms with E-state index in [2.05, 4.69) is 10.7 Å². The third-order valence-corrected chi connectivity index (χ3v) is 0.401. The predicted molar refractivity (Wildman–Crippen MR) is 25.6 cm³/mol. The lowest BCUT2D eigenvalue weighted by Crippen LogP contribution is -2.13. The van der Waals surface area contributed by atoms with E-state index in [0.29, 0.717) is 0 Å². The molecular weight excluding hydrogens is 148 g/mol. The van der Waals surface area contributed by atoms with Crippen molar-refractivity contribution in [1.82, 2.24) is 0 Å². The van der Waals surface area contributed by atoms with Gasteiger partial charge in [-0.3, -0.25) is 0 Å². The molecule has 0 spiro atoms. The molecule has 0 aromatic carbocycles. The fourth-order valence-electron chi connectivity index (χ4n) is 0. The SMILES string of the molecule is NOC(Cl)(Cl)Cl. The molecule has 0 aromatic rings. The van der Waals surface area contributed by atoms with Crippen molar-refractivity contribution in [3.63, 3.8) is 0 Å². The van der Waals surface area contributed by atoms with Gasteiger partial charge in [-0.25, -0.2) is 10.7 Å². The second kappa shape index (κ2) is 2.19. The van der Waals surface area contributed by atoms with Crippen molar-refractivity contribution in [2.45, 2.75) is 3.98 Å². The van der Waals surface area contributed by atoms with Crippen molar-refractivity contribution < 1.29 is 4.84 Å². The van der Waals surface area contributed by atoms with Gasteiger partial charge in [-0.1, -0.05) is 34.8 Å². The molecule has 2 nitrogen and oxygen atoms in total. The van der Waals surface area contributed by atoms with E-state index >= 15 is 0 Å². The standard InChI is InChI=1S/CH2Cl3NO/c2-1(3,4)6-5/h5H2. The minimum Gasteiger partial charge on any atom is -0.249 e. The molecule has 38 valence electrons. The van der Waals surface area contributed by atoms with E-state index in [4.69, 9.17) is 34.8 Å². The molecule has 0 bridgehead atoms. The van der Waals surface area contributed by atoms with Gasteiger partial charge in [-0.15, -0.1) is 0 Å². The summed E-state index contributed by atoms with van der Waals surface area (Å²) < 4.78 is -1.76. The predicted octanol–water partition coefficient (Wildman–Crippen LogP) is 1.20. The molecule has 0 aliphatic heterocycles. The number of rotatable bonds is 0. The van der Waals surface area contributed by atoms with Gasteiger partial charge in [0.1, 0.15) is 0 Å². The monoisotopic (exact) mass is 149 g/mol. The van der Waals surface area contributed by atoms with Crippen LogP contribution in [0.3, 0.4) is 0 Å². The van der Waals surface area contributed by atoms with Crippen LogP contribution in [0.15, 0.2) is 0 Å². The van der Waals surface area contributed by atoms with Crippen LogP contribution in [0.1, 0.15) is 0 Å². The molecule has 0 saturated heterocycles. The average Bonchev–Trinajstić information content (AvgIpc) is 1.35. The lowest BCUT2D eigenvalue weighted by molar-refractivity contribution is 0.134. The summed E-state index contributed by atoms with van der Waals surface area (Å²) in [5.74, 6) is 4.41. The smallest absolute Gasteiger partial charge is 0.249 e. The van der Waals surface area contributed by atoms with Gasteiger partial charge in [0.25, 0.3) is 0 Å². The van der Waals surface area contributed by atoms with Crippen LogP contribution < -0.4 is 5.90 Å². The Bertz CT molecular complexity index is 40.5. The van der Waals surface area contributed by atoms with Crippen molar-refractivity contribution in [2.75, 3.05) is 0 Å². The average molecular weight is 150 g/mol. The first-order chi connectivity index (χ1) is 2.56. The number of alkyl halides is 3. The van der Waals surface area contributed by atoms with Crippen LogP contribution in [-0.2, 0) is 4.84 Å². The van der Waals surface area contributed by atoms with Gasteiger partial charge in [0.15, 0.2) is 0 Å². The molecule has 0 rings (SSSR count). The highest BCUT2D eigenvalue weighted by Gasteiger charge is 2.17. The first-order valence-corrected chi connectivity index (χ1v) is 2.14. The Morgan fingerprint density at radius 2 is 1.50 bits per heavy atom. The second-order valence-electron chi connectivity index (χ2n) is 0.564. The minimum absolute atomic E-state index is 1.76. The van der Waals surface area contributed by atoms with Crippen LogP contribution in [0.2, 0.25) is 0 Å². The van der Waals surface area contributed by atoms with Gasteiger partial charge in [0.2, 0.25) is 0 Å². The fourth-order valence-corrected chi connectivity index (χ4v) is 0. The molecule has 5 heteroatoms. The molecule has 0 unspecified atom stereocenters. The Balaban J connectivity index is 3.17. The maximum atomic E-state index is 4.90. The number of hydrogen-bond acceptors (Lipinski definition) is 2. The lowest BCUT2D eigenvalue weighted by atomic mass is 11.6. The van der Waals surface area contributed by atoms with E-state index in [1.165, 1.54) is 0 Å². The number of hydrogen-bond donors (Lipinski definition) is 1. The Morgan fingerprint density at radius 1 is 1.33 bits per heavy atom. The second-order valence-corrected chi connectivity index (χ2v) is 2.74. The zero-order valence-corrected chi connectivity index (χ0v) is 4.89. The van der Waals surface area contributed by atoms with Crippen molar-refractivity contribution in [3.05, 3.63) is 0 Å². The molecule has 0 radical (unpaired) electrons. The molecule has 0 aliphatic carbocycles. The Labute approximate surface area is 50.1 Å². The van der Waals surface area contributed by atoms with Crippen molar-refractivity contribution in [3.8, 4) is 0 Å². The van der Waals surface area contributed by atoms with E-state index in [1.807, 2.05) is 0 Å². The molecule has 0 fully saturated rings. The molecule has 0 heterocycles. The first kappa shape index (κ1) is 6.79. The largest absolute Gasteiger partial charge is 0.312 e. The van der Waals surface area contributed by atoms with Crippen molar-refractivity contribution in [1.29, 1.82) is 0 Å². The summed E-state index contributed by atoms with van der Waals surface area (Å²) in [6.07, 6.45) is 0. The van der Waals surface area contributed by atoms with E-state index < -0.39 is 3.98 Å². The molecule has 0 aromatic heterocycles. The maximum absolute atomic E-state index is 4.90. The quantitative estimate of drug-likeness (QED) is 0.416. The zero-order valence-electron chi connectivity index (χ0n) is 2.62. The summed E-state index contributed by atoms with van der Waals surface area (Å²) in [6.45, 7) is 0. The zero-order chi connectivity index (χ0) is 5.21. The van der Waals surface area contributed by atoms with Crippen LogP contribution >= 0.6 is 34.8 Å². The first-order valence-electron chi connectivity index (χ1n) is 1.01. The minimum atomic E-state index is -1.76. The lowest BCUT2D eigenvalue weighted by Gasteiger charge is -2.02. The maximum Gasteiger partial charge on any atom is 0.312 e. The van der Waals surface area contributed by atoms with Gasteiger partial charge in [0.05, 0.1) is 0 Å². The van der Waals surface area contributed by atoms with E-state index in [1.54, 1.807) is 0 Å². The molecule has 0 aliphatic rings. The normalized spacial score (nSPS) is 12.0. The third-order valence-electron chi connectivity index (χ3n) is 0.134. The number of nitrogens with two attached hydrogens (primary N) is 1. The van der Waals surface area contributed by atoms with Gasteiger partial charge in [0, 0.05) is 0 Å². The summed E-state index contributed by atoms with van der Waals surface area (Å²) in [5, 5.41) is 0.